The minimum atomic E-state index is -0.760. The van der Waals surface area contributed by atoms with Crippen LogP contribution in [0.1, 0.15) is 43.2 Å². The first-order chi connectivity index (χ1) is 9.13. The molecule has 2 bridgehead atoms. The lowest BCUT2D eigenvalue weighted by atomic mass is 10.00. The molecule has 1 aromatic rings. The molecule has 3 atom stereocenters. The van der Waals surface area contributed by atoms with Crippen molar-refractivity contribution < 1.29 is 9.90 Å². The first kappa shape index (κ1) is 12.7. The fraction of sp³-hybridized carbons (Fsp3) is 0.562. The van der Waals surface area contributed by atoms with Crippen LogP contribution in [0.25, 0.3) is 0 Å². The van der Waals surface area contributed by atoms with Crippen LogP contribution in [0.15, 0.2) is 24.3 Å². The number of carboxylic acid groups (broad SMARTS) is 1. The number of benzene rings is 1. The summed E-state index contributed by atoms with van der Waals surface area (Å²) in [7, 11) is 0. The second-order valence-corrected chi connectivity index (χ2v) is 6.06. The number of carboxylic acids is 1. The van der Waals surface area contributed by atoms with Gasteiger partial charge in [-0.15, -0.1) is 0 Å². The summed E-state index contributed by atoms with van der Waals surface area (Å²) in [6, 6.07) is 8.88. The van der Waals surface area contributed by atoms with Gasteiger partial charge in [0.1, 0.15) is 0 Å². The molecule has 0 amide bonds. The molecule has 3 unspecified atom stereocenters. The second kappa shape index (κ2) is 4.97. The van der Waals surface area contributed by atoms with Gasteiger partial charge in [-0.2, -0.15) is 0 Å². The highest BCUT2D eigenvalue weighted by molar-refractivity contribution is 5.75. The molecule has 1 N–H and O–H groups in total. The molecule has 1 heterocycles. The molecule has 102 valence electrons. The standard InChI is InChI=1S/C16H21NO2/c1-11(16(18)19)14-5-2-12(3-6-14)9-17-10-13-4-7-15(17)8-13/h2-3,5-6,11,13,15H,4,7-10H2,1H3,(H,18,19). The van der Waals surface area contributed by atoms with Gasteiger partial charge in [0.05, 0.1) is 5.92 Å². The predicted molar refractivity (Wildman–Crippen MR) is 74.0 cm³/mol. The second-order valence-electron chi connectivity index (χ2n) is 6.06. The first-order valence-electron chi connectivity index (χ1n) is 7.19. The van der Waals surface area contributed by atoms with Gasteiger partial charge in [-0.1, -0.05) is 24.3 Å². The summed E-state index contributed by atoms with van der Waals surface area (Å²) in [6.07, 6.45) is 4.16. The molecule has 1 aromatic carbocycles. The maximum atomic E-state index is 10.9. The van der Waals surface area contributed by atoms with Crippen LogP contribution in [0.5, 0.6) is 0 Å². The Labute approximate surface area is 114 Å². The number of rotatable bonds is 4. The van der Waals surface area contributed by atoms with Gasteiger partial charge in [0.25, 0.3) is 0 Å². The Balaban J connectivity index is 1.65. The number of hydrogen-bond acceptors (Lipinski definition) is 2. The van der Waals surface area contributed by atoms with E-state index in [1.165, 1.54) is 31.4 Å². The number of nitrogens with zero attached hydrogens (tertiary/aromatic N) is 1. The van der Waals surface area contributed by atoms with Crippen molar-refractivity contribution >= 4 is 5.97 Å². The Morgan fingerprint density at radius 3 is 2.63 bits per heavy atom. The zero-order valence-electron chi connectivity index (χ0n) is 11.4. The van der Waals surface area contributed by atoms with Crippen molar-refractivity contribution in [1.29, 1.82) is 0 Å². The molecule has 3 heteroatoms. The van der Waals surface area contributed by atoms with Crippen molar-refractivity contribution in [3.8, 4) is 0 Å². The predicted octanol–water partition coefficient (Wildman–Crippen LogP) is 2.86. The molecule has 0 spiro atoms. The Bertz CT molecular complexity index is 468. The van der Waals surface area contributed by atoms with Crippen LogP contribution in [0.3, 0.4) is 0 Å². The number of hydrogen-bond donors (Lipinski definition) is 1. The van der Waals surface area contributed by atoms with E-state index in [9.17, 15) is 4.79 Å². The first-order valence-corrected chi connectivity index (χ1v) is 7.19. The normalized spacial score (nSPS) is 27.6. The van der Waals surface area contributed by atoms with Gasteiger partial charge >= 0.3 is 5.97 Å². The zero-order chi connectivity index (χ0) is 13.4. The van der Waals surface area contributed by atoms with Gasteiger partial charge in [-0.25, -0.2) is 0 Å². The molecule has 3 nitrogen and oxygen atoms in total. The number of aliphatic carboxylic acids is 1. The lowest BCUT2D eigenvalue weighted by molar-refractivity contribution is -0.138. The highest BCUT2D eigenvalue weighted by Gasteiger charge is 2.37. The molecule has 1 saturated carbocycles. The van der Waals surface area contributed by atoms with Gasteiger partial charge in [0.2, 0.25) is 0 Å². The van der Waals surface area contributed by atoms with E-state index in [4.69, 9.17) is 5.11 Å². The third kappa shape index (κ3) is 2.52. The third-order valence-corrected chi connectivity index (χ3v) is 4.76. The van der Waals surface area contributed by atoms with Crippen molar-refractivity contribution in [3.63, 3.8) is 0 Å². The average Bonchev–Trinajstić information content (AvgIpc) is 3.01. The van der Waals surface area contributed by atoms with Gasteiger partial charge < -0.3 is 5.11 Å². The number of fused-ring (bicyclic) bond motifs is 2. The maximum absolute atomic E-state index is 10.9. The largest absolute Gasteiger partial charge is 0.481 e. The SMILES string of the molecule is CC(C(=O)O)c1ccc(CN2CC3CCC2C3)cc1. The third-order valence-electron chi connectivity index (χ3n) is 4.76. The Morgan fingerprint density at radius 2 is 2.11 bits per heavy atom. The number of likely N-dealkylation sites (tertiary alicyclic amines) is 1. The molecule has 1 aliphatic carbocycles. The molecular formula is C16H21NO2. The van der Waals surface area contributed by atoms with Crippen molar-refractivity contribution in [2.24, 2.45) is 5.92 Å². The fourth-order valence-electron chi connectivity index (χ4n) is 3.51. The lowest BCUT2D eigenvalue weighted by Crippen LogP contribution is -2.31. The summed E-state index contributed by atoms with van der Waals surface area (Å²) in [5.41, 5.74) is 2.19. The Kier molecular flexibility index (Phi) is 3.31. The molecular weight excluding hydrogens is 238 g/mol. The van der Waals surface area contributed by atoms with Crippen LogP contribution in [-0.2, 0) is 11.3 Å². The van der Waals surface area contributed by atoms with Crippen LogP contribution in [-0.4, -0.2) is 28.6 Å². The van der Waals surface area contributed by atoms with E-state index in [-0.39, 0.29) is 0 Å². The molecule has 2 fully saturated rings. The summed E-state index contributed by atoms with van der Waals surface area (Å²) in [6.45, 7) is 4.00. The van der Waals surface area contributed by atoms with E-state index in [0.29, 0.717) is 0 Å². The Hall–Kier alpha value is -1.35. The molecule has 2 aliphatic rings. The molecule has 0 radical (unpaired) electrons. The van der Waals surface area contributed by atoms with E-state index in [2.05, 4.69) is 17.0 Å². The van der Waals surface area contributed by atoms with E-state index in [0.717, 1.165) is 24.1 Å². The summed E-state index contributed by atoms with van der Waals surface area (Å²) < 4.78 is 0. The summed E-state index contributed by atoms with van der Waals surface area (Å²) >= 11 is 0. The monoisotopic (exact) mass is 259 g/mol. The van der Waals surface area contributed by atoms with Crippen LogP contribution in [0.4, 0.5) is 0 Å². The zero-order valence-corrected chi connectivity index (χ0v) is 11.4. The fourth-order valence-corrected chi connectivity index (χ4v) is 3.51. The topological polar surface area (TPSA) is 40.5 Å². The van der Waals surface area contributed by atoms with Crippen molar-refractivity contribution in [3.05, 3.63) is 35.4 Å². The van der Waals surface area contributed by atoms with Gasteiger partial charge in [0, 0.05) is 19.1 Å². The van der Waals surface area contributed by atoms with Crippen molar-refractivity contribution in [1.82, 2.24) is 4.90 Å². The van der Waals surface area contributed by atoms with Gasteiger partial charge in [-0.3, -0.25) is 9.69 Å². The molecule has 19 heavy (non-hydrogen) atoms. The van der Waals surface area contributed by atoms with Crippen LogP contribution >= 0.6 is 0 Å². The summed E-state index contributed by atoms with van der Waals surface area (Å²) in [4.78, 5) is 13.5. The highest BCUT2D eigenvalue weighted by Crippen LogP contribution is 2.38. The van der Waals surface area contributed by atoms with Gasteiger partial charge in [0.15, 0.2) is 0 Å². The smallest absolute Gasteiger partial charge is 0.310 e. The summed E-state index contributed by atoms with van der Waals surface area (Å²) in [5.74, 6) is -0.252. The van der Waals surface area contributed by atoms with E-state index in [1.54, 1.807) is 6.92 Å². The number of carbonyl (C=O) groups is 1. The van der Waals surface area contributed by atoms with Crippen molar-refractivity contribution in [2.45, 2.75) is 44.7 Å². The maximum Gasteiger partial charge on any atom is 0.310 e. The molecule has 3 rings (SSSR count). The van der Waals surface area contributed by atoms with Crippen LogP contribution < -0.4 is 0 Å². The summed E-state index contributed by atoms with van der Waals surface area (Å²) in [5, 5.41) is 9.00. The minimum absolute atomic E-state index is 0.420. The van der Waals surface area contributed by atoms with E-state index >= 15 is 0 Å². The van der Waals surface area contributed by atoms with E-state index in [1.807, 2.05) is 12.1 Å². The van der Waals surface area contributed by atoms with E-state index < -0.39 is 11.9 Å². The van der Waals surface area contributed by atoms with Crippen LogP contribution in [0, 0.1) is 5.92 Å². The van der Waals surface area contributed by atoms with Crippen molar-refractivity contribution in [2.75, 3.05) is 6.54 Å². The molecule has 1 aliphatic heterocycles. The minimum Gasteiger partial charge on any atom is -0.481 e. The molecule has 1 saturated heterocycles. The van der Waals surface area contributed by atoms with Crippen LogP contribution in [0.2, 0.25) is 0 Å². The average molecular weight is 259 g/mol. The molecule has 0 aromatic heterocycles. The Morgan fingerprint density at radius 1 is 1.37 bits per heavy atom. The highest BCUT2D eigenvalue weighted by atomic mass is 16.4. The van der Waals surface area contributed by atoms with Gasteiger partial charge in [-0.05, 0) is 43.2 Å². The lowest BCUT2D eigenvalue weighted by Gasteiger charge is -2.26. The number of piperidine rings is 1. The quantitative estimate of drug-likeness (QED) is 0.904.